The van der Waals surface area contributed by atoms with Crippen LogP contribution in [0, 0.1) is 0 Å². The summed E-state index contributed by atoms with van der Waals surface area (Å²) in [4.78, 5) is 0. The fourth-order valence-corrected chi connectivity index (χ4v) is 4.19. The zero-order chi connectivity index (χ0) is 24.6. The quantitative estimate of drug-likeness (QED) is 0.171. The van der Waals surface area contributed by atoms with E-state index < -0.39 is 105 Å². The Hall–Kier alpha value is -0.560. The topological polar surface area (TPSA) is 228 Å². The zero-order valence-electron chi connectivity index (χ0n) is 18.1. The molecule has 3 aliphatic rings. The third kappa shape index (κ3) is 5.34. The molecule has 0 amide bonds. The summed E-state index contributed by atoms with van der Waals surface area (Å²) in [7, 11) is 0. The van der Waals surface area contributed by atoms with E-state index in [4.69, 9.17) is 23.7 Å². The first-order chi connectivity index (χ1) is 15.5. The van der Waals surface area contributed by atoms with Gasteiger partial charge >= 0.3 is 0 Å². The highest BCUT2D eigenvalue weighted by molar-refractivity contribution is 4.96. The molecule has 3 heterocycles. The van der Waals surface area contributed by atoms with Gasteiger partial charge in [-0.1, -0.05) is 0 Å². The average Bonchev–Trinajstić information content (AvgIpc) is 2.80. The van der Waals surface area contributed by atoms with E-state index in [1.807, 2.05) is 0 Å². The lowest BCUT2D eigenvalue weighted by Crippen LogP contribution is -2.66. The molecule has 3 rings (SSSR count). The third-order valence-corrected chi connectivity index (χ3v) is 6.32. The van der Waals surface area contributed by atoms with Gasteiger partial charge in [0.05, 0.1) is 25.4 Å². The van der Waals surface area contributed by atoms with Gasteiger partial charge in [0.25, 0.3) is 0 Å². The van der Waals surface area contributed by atoms with Gasteiger partial charge in [-0.05, 0) is 13.8 Å². The Bertz CT molecular complexity index is 623. The van der Waals surface area contributed by atoms with Crippen LogP contribution in [0.25, 0.3) is 0 Å². The zero-order valence-corrected chi connectivity index (χ0v) is 18.1. The van der Waals surface area contributed by atoms with Crippen molar-refractivity contribution in [3.8, 4) is 0 Å². The van der Waals surface area contributed by atoms with Crippen LogP contribution in [0.2, 0.25) is 0 Å². The van der Waals surface area contributed by atoms with Crippen molar-refractivity contribution in [1.29, 1.82) is 0 Å². The number of hydrogen-bond donors (Lipinski definition) is 9. The van der Waals surface area contributed by atoms with E-state index in [1.54, 1.807) is 0 Å². The van der Waals surface area contributed by atoms with Gasteiger partial charge in [-0.2, -0.15) is 0 Å². The molecule has 14 heteroatoms. The highest BCUT2D eigenvalue weighted by Gasteiger charge is 2.53. The second-order valence-electron chi connectivity index (χ2n) is 8.63. The lowest BCUT2D eigenvalue weighted by molar-refractivity contribution is -0.380. The summed E-state index contributed by atoms with van der Waals surface area (Å²) in [6.07, 6.45) is -21.5. The summed E-state index contributed by atoms with van der Waals surface area (Å²) in [5, 5.41) is 90.8. The van der Waals surface area contributed by atoms with E-state index in [1.165, 1.54) is 13.8 Å². The van der Waals surface area contributed by atoms with E-state index in [0.29, 0.717) is 0 Å². The largest absolute Gasteiger partial charge is 0.394 e. The van der Waals surface area contributed by atoms with Crippen molar-refractivity contribution < 1.29 is 69.6 Å². The predicted octanol–water partition coefficient (Wildman–Crippen LogP) is -5.48. The van der Waals surface area contributed by atoms with Gasteiger partial charge < -0.3 is 69.6 Å². The molecule has 3 aliphatic heterocycles. The predicted molar refractivity (Wildman–Crippen MR) is 103 cm³/mol. The van der Waals surface area contributed by atoms with Gasteiger partial charge in [0.2, 0.25) is 0 Å². The van der Waals surface area contributed by atoms with Gasteiger partial charge in [-0.25, -0.2) is 0 Å². The van der Waals surface area contributed by atoms with Crippen LogP contribution in [-0.4, -0.2) is 151 Å². The summed E-state index contributed by atoms with van der Waals surface area (Å²) >= 11 is 0. The molecule has 3 saturated heterocycles. The number of rotatable bonds is 6. The number of hydrogen-bond acceptors (Lipinski definition) is 14. The van der Waals surface area contributed by atoms with Crippen LogP contribution in [-0.2, 0) is 23.7 Å². The second kappa shape index (κ2) is 11.0. The third-order valence-electron chi connectivity index (χ3n) is 6.32. The molecule has 33 heavy (non-hydrogen) atoms. The first-order valence-corrected chi connectivity index (χ1v) is 10.8. The highest BCUT2D eigenvalue weighted by atomic mass is 16.8. The first kappa shape index (κ1) is 27.0. The Morgan fingerprint density at radius 1 is 0.515 bits per heavy atom. The Morgan fingerprint density at radius 2 is 1.03 bits per heavy atom. The minimum atomic E-state index is -1.76. The molecule has 0 aromatic heterocycles. The van der Waals surface area contributed by atoms with Crippen LogP contribution in [0.5, 0.6) is 0 Å². The molecule has 3 fully saturated rings. The molecule has 15 atom stereocenters. The molecule has 13 unspecified atom stereocenters. The standard InChI is InChI=1S/C19H34O14/c1-5-10(23)13(26)16(8(4-21)29-5)32-19-17(14(27)11(24)7(3-20)31-19)33-18-15(28)12(25)9(22)6(2)30-18/h5-28H,3-4H2,1-2H3/t5-,6?,7?,8+,9?,10?,11?,12?,13?,14?,15?,16?,17?,18?,19?/m1/s1. The molecular weight excluding hydrogens is 452 g/mol. The van der Waals surface area contributed by atoms with E-state index in [-0.39, 0.29) is 0 Å². The maximum Gasteiger partial charge on any atom is 0.187 e. The van der Waals surface area contributed by atoms with Crippen LogP contribution < -0.4 is 0 Å². The van der Waals surface area contributed by atoms with E-state index in [2.05, 4.69) is 0 Å². The Kier molecular flexibility index (Phi) is 9.02. The maximum atomic E-state index is 10.6. The van der Waals surface area contributed by atoms with Crippen LogP contribution in [0.1, 0.15) is 13.8 Å². The lowest BCUT2D eigenvalue weighted by atomic mass is 9.94. The molecule has 14 nitrogen and oxygen atoms in total. The van der Waals surface area contributed by atoms with Crippen molar-refractivity contribution >= 4 is 0 Å². The van der Waals surface area contributed by atoms with Gasteiger partial charge in [-0.15, -0.1) is 0 Å². The van der Waals surface area contributed by atoms with Gasteiger partial charge in [0.1, 0.15) is 67.1 Å². The molecule has 0 bridgehead atoms. The Balaban J connectivity index is 1.83. The smallest absolute Gasteiger partial charge is 0.187 e. The molecule has 9 N–H and O–H groups in total. The van der Waals surface area contributed by atoms with Crippen LogP contribution >= 0.6 is 0 Å². The van der Waals surface area contributed by atoms with Gasteiger partial charge in [-0.3, -0.25) is 0 Å². The molecule has 0 radical (unpaired) electrons. The molecule has 0 spiro atoms. The van der Waals surface area contributed by atoms with Crippen LogP contribution in [0.15, 0.2) is 0 Å². The minimum Gasteiger partial charge on any atom is -0.394 e. The minimum absolute atomic E-state index is 0.600. The number of aliphatic hydroxyl groups excluding tert-OH is 9. The SMILES string of the molecule is CC1OC(OC2C(OC3C(O)C(O)[C@@H](C)O[C@H]3CO)OC(CO)C(O)C2O)C(O)C(O)C1O. The fourth-order valence-electron chi connectivity index (χ4n) is 4.19. The van der Waals surface area contributed by atoms with Crippen molar-refractivity contribution in [2.45, 2.75) is 106 Å². The number of aliphatic hydroxyl groups is 9. The summed E-state index contributed by atoms with van der Waals surface area (Å²) in [6.45, 7) is 1.58. The van der Waals surface area contributed by atoms with Crippen LogP contribution in [0.4, 0.5) is 0 Å². The molecule has 0 aromatic rings. The van der Waals surface area contributed by atoms with Crippen molar-refractivity contribution in [1.82, 2.24) is 0 Å². The fraction of sp³-hybridized carbons (Fsp3) is 1.00. The number of ether oxygens (including phenoxy) is 5. The molecule has 0 saturated carbocycles. The average molecular weight is 486 g/mol. The van der Waals surface area contributed by atoms with Crippen molar-refractivity contribution in [2.75, 3.05) is 13.2 Å². The van der Waals surface area contributed by atoms with E-state index >= 15 is 0 Å². The van der Waals surface area contributed by atoms with E-state index in [9.17, 15) is 46.0 Å². The first-order valence-electron chi connectivity index (χ1n) is 10.8. The summed E-state index contributed by atoms with van der Waals surface area (Å²) in [5.41, 5.74) is 0. The molecule has 0 aromatic carbocycles. The summed E-state index contributed by atoms with van der Waals surface area (Å²) in [5.74, 6) is 0. The lowest BCUT2D eigenvalue weighted by Gasteiger charge is -2.48. The highest BCUT2D eigenvalue weighted by Crippen LogP contribution is 2.32. The molecular formula is C19H34O14. The van der Waals surface area contributed by atoms with E-state index in [0.717, 1.165) is 0 Å². The molecule has 0 aliphatic carbocycles. The summed E-state index contributed by atoms with van der Waals surface area (Å²) < 4.78 is 27.6. The normalized spacial score (nSPS) is 53.7. The maximum absolute atomic E-state index is 10.6. The monoisotopic (exact) mass is 486 g/mol. The molecule has 194 valence electrons. The van der Waals surface area contributed by atoms with Crippen molar-refractivity contribution in [3.05, 3.63) is 0 Å². The van der Waals surface area contributed by atoms with Crippen LogP contribution in [0.3, 0.4) is 0 Å². The summed E-state index contributed by atoms with van der Waals surface area (Å²) in [6, 6.07) is 0. The van der Waals surface area contributed by atoms with Crippen molar-refractivity contribution in [2.24, 2.45) is 0 Å². The van der Waals surface area contributed by atoms with Crippen molar-refractivity contribution in [3.63, 3.8) is 0 Å². The Morgan fingerprint density at radius 3 is 1.64 bits per heavy atom. The van der Waals surface area contributed by atoms with Gasteiger partial charge in [0, 0.05) is 0 Å². The second-order valence-corrected chi connectivity index (χ2v) is 8.63. The Labute approximate surface area is 189 Å². The van der Waals surface area contributed by atoms with Gasteiger partial charge in [0.15, 0.2) is 12.6 Å².